The second-order valence-electron chi connectivity index (χ2n) is 5.22. The van der Waals surface area contributed by atoms with Crippen molar-refractivity contribution in [2.24, 2.45) is 4.99 Å². The zero-order valence-electron chi connectivity index (χ0n) is 13.2. The molecule has 1 atom stereocenters. The van der Waals surface area contributed by atoms with E-state index in [0.717, 1.165) is 29.5 Å². The number of hydrogen-bond acceptors (Lipinski definition) is 4. The Labute approximate surface area is 131 Å². The predicted molar refractivity (Wildman–Crippen MR) is 90.1 cm³/mol. The number of benzene rings is 1. The number of fused-ring (bicyclic) bond motifs is 1. The van der Waals surface area contributed by atoms with E-state index in [1.54, 1.807) is 30.8 Å². The van der Waals surface area contributed by atoms with E-state index in [1.165, 1.54) is 0 Å². The Morgan fingerprint density at radius 1 is 1.24 bits per heavy atom. The number of hydrogen-bond donors (Lipinski definition) is 0. The molecule has 0 aliphatic carbocycles. The second-order valence-corrected chi connectivity index (χ2v) is 6.39. The van der Waals surface area contributed by atoms with Crippen molar-refractivity contribution in [1.29, 1.82) is 0 Å². The van der Waals surface area contributed by atoms with Gasteiger partial charge in [0, 0.05) is 38.9 Å². The average Bonchev–Trinajstić information content (AvgIpc) is 2.48. The highest BCUT2D eigenvalue weighted by molar-refractivity contribution is 8.14. The quantitative estimate of drug-likeness (QED) is 0.856. The molecule has 1 amide bonds. The first-order chi connectivity index (χ1) is 10.1. The van der Waals surface area contributed by atoms with Crippen molar-refractivity contribution in [2.45, 2.75) is 25.5 Å². The summed E-state index contributed by atoms with van der Waals surface area (Å²) in [5.41, 5.74) is 2.16. The van der Waals surface area contributed by atoms with E-state index in [4.69, 9.17) is 4.99 Å². The molecule has 0 bridgehead atoms. The molecule has 0 aromatic heterocycles. The maximum atomic E-state index is 12.1. The van der Waals surface area contributed by atoms with Crippen LogP contribution in [0.1, 0.15) is 31.1 Å². The van der Waals surface area contributed by atoms with E-state index in [-0.39, 0.29) is 11.2 Å². The number of rotatable bonds is 4. The van der Waals surface area contributed by atoms with Crippen LogP contribution in [-0.2, 0) is 4.79 Å². The molecular weight excluding hydrogens is 282 g/mol. The summed E-state index contributed by atoms with van der Waals surface area (Å²) >= 11 is 1.71. The van der Waals surface area contributed by atoms with Crippen LogP contribution in [0.25, 0.3) is 0 Å². The molecule has 1 aliphatic heterocycles. The van der Waals surface area contributed by atoms with Crippen molar-refractivity contribution in [3.8, 4) is 0 Å². The fourth-order valence-electron chi connectivity index (χ4n) is 2.31. The first kappa shape index (κ1) is 15.9. The fraction of sp³-hybridized carbons (Fsp3) is 0.500. The lowest BCUT2D eigenvalue weighted by atomic mass is 10.1. The second kappa shape index (κ2) is 6.98. The molecule has 1 heterocycles. The van der Waals surface area contributed by atoms with Gasteiger partial charge in [0.15, 0.2) is 5.17 Å². The molecule has 4 nitrogen and oxygen atoms in total. The van der Waals surface area contributed by atoms with Gasteiger partial charge >= 0.3 is 0 Å². The Morgan fingerprint density at radius 3 is 2.52 bits per heavy atom. The summed E-state index contributed by atoms with van der Waals surface area (Å²) in [5, 5.41) is 1.17. The van der Waals surface area contributed by atoms with Crippen LogP contribution in [-0.4, -0.2) is 48.1 Å². The molecule has 1 aromatic rings. The van der Waals surface area contributed by atoms with Crippen LogP contribution in [0.5, 0.6) is 0 Å². The average molecular weight is 305 g/mol. The lowest BCUT2D eigenvalue weighted by Gasteiger charge is -2.30. The van der Waals surface area contributed by atoms with Crippen molar-refractivity contribution in [1.82, 2.24) is 9.80 Å². The van der Waals surface area contributed by atoms with Gasteiger partial charge in [0.05, 0.1) is 5.69 Å². The third kappa shape index (κ3) is 3.59. The van der Waals surface area contributed by atoms with Crippen molar-refractivity contribution >= 4 is 28.5 Å². The molecule has 0 fully saturated rings. The minimum absolute atomic E-state index is 0.143. The summed E-state index contributed by atoms with van der Waals surface area (Å²) in [6.07, 6.45) is 0.509. The van der Waals surface area contributed by atoms with Gasteiger partial charge in [0.1, 0.15) is 0 Å². The Kier molecular flexibility index (Phi) is 5.28. The minimum Gasteiger partial charge on any atom is -0.352 e. The molecule has 0 N–H and O–H groups in total. The van der Waals surface area contributed by atoms with Crippen molar-refractivity contribution in [3.05, 3.63) is 29.8 Å². The summed E-state index contributed by atoms with van der Waals surface area (Å²) in [5.74, 6) is 0.156. The number of para-hydroxylation sites is 1. The highest BCUT2D eigenvalue weighted by Crippen LogP contribution is 2.43. The molecule has 5 heteroatoms. The van der Waals surface area contributed by atoms with Gasteiger partial charge in [-0.05, 0) is 25.5 Å². The lowest BCUT2D eigenvalue weighted by molar-refractivity contribution is -0.128. The van der Waals surface area contributed by atoms with Gasteiger partial charge in [0.2, 0.25) is 5.91 Å². The summed E-state index contributed by atoms with van der Waals surface area (Å²) in [6.45, 7) is 6.12. The Hall–Kier alpha value is -1.49. The molecule has 1 aliphatic rings. The van der Waals surface area contributed by atoms with Gasteiger partial charge < -0.3 is 9.80 Å². The Balaban J connectivity index is 2.31. The number of carbonyl (C=O) groups excluding carboxylic acids is 1. The molecule has 1 aromatic carbocycles. The van der Waals surface area contributed by atoms with Crippen LogP contribution < -0.4 is 0 Å². The Bertz CT molecular complexity index is 538. The number of amidine groups is 1. The van der Waals surface area contributed by atoms with E-state index in [2.05, 4.69) is 24.8 Å². The van der Waals surface area contributed by atoms with Crippen LogP contribution in [0.3, 0.4) is 0 Å². The van der Waals surface area contributed by atoms with Crippen LogP contribution in [0.4, 0.5) is 5.69 Å². The van der Waals surface area contributed by atoms with E-state index in [1.807, 2.05) is 18.2 Å². The van der Waals surface area contributed by atoms with Crippen molar-refractivity contribution < 1.29 is 4.79 Å². The smallest absolute Gasteiger partial charge is 0.223 e. The SMILES string of the molecule is CCN(CC)C1=Nc2ccccc2C(CC(=O)N(C)C)S1. The van der Waals surface area contributed by atoms with Gasteiger partial charge in [-0.25, -0.2) is 4.99 Å². The zero-order valence-corrected chi connectivity index (χ0v) is 14.0. The lowest BCUT2D eigenvalue weighted by Crippen LogP contribution is -2.31. The molecule has 114 valence electrons. The maximum Gasteiger partial charge on any atom is 0.223 e. The van der Waals surface area contributed by atoms with Gasteiger partial charge in [-0.1, -0.05) is 30.0 Å². The topological polar surface area (TPSA) is 35.9 Å². The van der Waals surface area contributed by atoms with Crippen molar-refractivity contribution in [3.63, 3.8) is 0 Å². The van der Waals surface area contributed by atoms with Crippen LogP contribution >= 0.6 is 11.8 Å². The van der Waals surface area contributed by atoms with Crippen LogP contribution in [0, 0.1) is 0 Å². The number of amides is 1. The molecule has 21 heavy (non-hydrogen) atoms. The predicted octanol–water partition coefficient (Wildman–Crippen LogP) is 3.28. The van der Waals surface area contributed by atoms with Gasteiger partial charge in [0.25, 0.3) is 0 Å². The van der Waals surface area contributed by atoms with Crippen molar-refractivity contribution in [2.75, 3.05) is 27.2 Å². The number of thioether (sulfide) groups is 1. The molecule has 0 spiro atoms. The summed E-state index contributed by atoms with van der Waals surface area (Å²) in [6, 6.07) is 8.14. The zero-order chi connectivity index (χ0) is 15.4. The van der Waals surface area contributed by atoms with Gasteiger partial charge in [-0.2, -0.15) is 0 Å². The monoisotopic (exact) mass is 305 g/mol. The third-order valence-electron chi connectivity index (χ3n) is 3.64. The number of carbonyl (C=O) groups is 1. The maximum absolute atomic E-state index is 12.1. The van der Waals surface area contributed by atoms with E-state index < -0.39 is 0 Å². The summed E-state index contributed by atoms with van der Waals surface area (Å²) < 4.78 is 0. The first-order valence-corrected chi connectivity index (χ1v) is 8.24. The molecule has 2 rings (SSSR count). The van der Waals surface area contributed by atoms with E-state index in [9.17, 15) is 4.79 Å². The normalized spacial score (nSPS) is 17.0. The first-order valence-electron chi connectivity index (χ1n) is 7.36. The van der Waals surface area contributed by atoms with Crippen LogP contribution in [0.2, 0.25) is 0 Å². The molecular formula is C16H23N3OS. The molecule has 0 radical (unpaired) electrons. The number of aliphatic imine (C=N–C) groups is 1. The largest absolute Gasteiger partial charge is 0.352 e. The fourth-order valence-corrected chi connectivity index (χ4v) is 3.68. The number of nitrogens with zero attached hydrogens (tertiary/aromatic N) is 3. The highest BCUT2D eigenvalue weighted by Gasteiger charge is 2.27. The molecule has 0 saturated carbocycles. The van der Waals surface area contributed by atoms with E-state index >= 15 is 0 Å². The van der Waals surface area contributed by atoms with Gasteiger partial charge in [-0.3, -0.25) is 4.79 Å². The summed E-state index contributed by atoms with van der Waals surface area (Å²) in [4.78, 5) is 20.8. The standard InChI is InChI=1S/C16H23N3OS/c1-5-19(6-2)16-17-13-10-8-7-9-12(13)14(21-16)11-15(20)18(3)4/h7-10,14H,5-6,11H2,1-4H3. The summed E-state index contributed by atoms with van der Waals surface area (Å²) in [7, 11) is 3.61. The third-order valence-corrected chi connectivity index (χ3v) is 4.91. The Morgan fingerprint density at radius 2 is 1.90 bits per heavy atom. The van der Waals surface area contributed by atoms with Crippen LogP contribution in [0.15, 0.2) is 29.3 Å². The molecule has 1 unspecified atom stereocenters. The van der Waals surface area contributed by atoms with Gasteiger partial charge in [-0.15, -0.1) is 0 Å². The molecule has 0 saturated heterocycles. The minimum atomic E-state index is 0.143. The highest BCUT2D eigenvalue weighted by atomic mass is 32.2. The van der Waals surface area contributed by atoms with E-state index in [0.29, 0.717) is 6.42 Å².